The van der Waals surface area contributed by atoms with Crippen LogP contribution in [0.2, 0.25) is 0 Å². The molecule has 0 fully saturated rings. The van der Waals surface area contributed by atoms with Crippen molar-refractivity contribution in [3.8, 4) is 0 Å². The standard InChI is InChI=1S/C58H107N2O6P/c1-6-8-10-12-14-16-18-20-22-24-26-28-30-32-34-36-38-40-42-44-46-48-50-52-58(62)59-56(55-66-67(63,64)65-54-53-60(3,4)5)57(61)51-49-47-45-43-41-39-37-35-33-31-29-27-25-23-21-19-17-15-13-11-9-7-2/h18,20,24,26,30,32-33,35,41,43,49,51,56-57,61H,6-17,19,21-23,25,27-29,31,34,36-40,42,44-48,50,52-55H2,1-5H3,(H-,59,62,63,64)/p+1/b20-18-,26-24-,32-30-,35-33+,43-41+,51-49+. The van der Waals surface area contributed by atoms with Gasteiger partial charge < -0.3 is 19.8 Å². The van der Waals surface area contributed by atoms with Crippen LogP contribution < -0.4 is 5.32 Å². The summed E-state index contributed by atoms with van der Waals surface area (Å²) in [6, 6.07) is -0.878. The second kappa shape index (κ2) is 48.9. The molecular weight excluding hydrogens is 852 g/mol. The summed E-state index contributed by atoms with van der Waals surface area (Å²) in [4.78, 5) is 23.3. The molecule has 0 aromatic heterocycles. The van der Waals surface area contributed by atoms with Crippen molar-refractivity contribution in [2.24, 2.45) is 0 Å². The SMILES string of the molecule is CCCCCCC/C=C\C/C=C\C/C=C\CCCCCCCCCCC(=O)NC(COP(=O)(O)OCC[N+](C)(C)C)C(O)/C=C/CC/C=C/CC/C=C/CCCCCCCCCCCCCC. The highest BCUT2D eigenvalue weighted by atomic mass is 31.2. The number of rotatable bonds is 50. The zero-order valence-electron chi connectivity index (χ0n) is 44.4. The van der Waals surface area contributed by atoms with Gasteiger partial charge in [0.1, 0.15) is 13.2 Å². The van der Waals surface area contributed by atoms with Crippen LogP contribution >= 0.6 is 7.82 Å². The van der Waals surface area contributed by atoms with E-state index in [1.54, 1.807) is 6.08 Å². The number of aliphatic hydroxyl groups is 1. The number of aliphatic hydroxyl groups excluding tert-OH is 1. The van der Waals surface area contributed by atoms with Crippen molar-refractivity contribution in [2.45, 2.75) is 251 Å². The summed E-state index contributed by atoms with van der Waals surface area (Å²) in [5.41, 5.74) is 0. The van der Waals surface area contributed by atoms with Gasteiger partial charge in [0.25, 0.3) is 0 Å². The van der Waals surface area contributed by atoms with Gasteiger partial charge in [0, 0.05) is 6.42 Å². The number of unbranched alkanes of at least 4 members (excludes halogenated alkanes) is 27. The van der Waals surface area contributed by atoms with E-state index in [9.17, 15) is 19.4 Å². The molecule has 0 spiro atoms. The van der Waals surface area contributed by atoms with Crippen molar-refractivity contribution in [2.75, 3.05) is 40.9 Å². The fraction of sp³-hybridized carbons (Fsp3) is 0.776. The minimum Gasteiger partial charge on any atom is -0.387 e. The topological polar surface area (TPSA) is 105 Å². The molecule has 0 aliphatic heterocycles. The van der Waals surface area contributed by atoms with Crippen molar-refractivity contribution in [1.29, 1.82) is 0 Å². The molecule has 0 radical (unpaired) electrons. The van der Waals surface area contributed by atoms with Crippen LogP contribution in [0, 0.1) is 0 Å². The average molecular weight is 960 g/mol. The third-order valence-corrected chi connectivity index (χ3v) is 13.1. The Morgan fingerprint density at radius 3 is 1.30 bits per heavy atom. The maximum atomic E-state index is 13.0. The van der Waals surface area contributed by atoms with E-state index in [1.165, 1.54) is 154 Å². The Morgan fingerprint density at radius 1 is 0.507 bits per heavy atom. The second-order valence-corrected chi connectivity index (χ2v) is 21.4. The molecule has 0 rings (SSSR count). The number of amides is 1. The molecule has 0 aliphatic carbocycles. The Labute approximate surface area is 414 Å². The summed E-state index contributed by atoms with van der Waals surface area (Å²) < 4.78 is 23.7. The fourth-order valence-corrected chi connectivity index (χ4v) is 8.46. The van der Waals surface area contributed by atoms with E-state index in [0.717, 1.165) is 64.2 Å². The van der Waals surface area contributed by atoms with Crippen molar-refractivity contribution in [3.05, 3.63) is 72.9 Å². The highest BCUT2D eigenvalue weighted by molar-refractivity contribution is 7.47. The first-order valence-electron chi connectivity index (χ1n) is 27.8. The van der Waals surface area contributed by atoms with Crippen molar-refractivity contribution in [3.63, 3.8) is 0 Å². The lowest BCUT2D eigenvalue weighted by Crippen LogP contribution is -2.45. The number of carbonyl (C=O) groups is 1. The van der Waals surface area contributed by atoms with E-state index in [4.69, 9.17) is 9.05 Å². The Balaban J connectivity index is 4.36. The van der Waals surface area contributed by atoms with Crippen LogP contribution in [0.1, 0.15) is 239 Å². The van der Waals surface area contributed by atoms with Gasteiger partial charge in [-0.2, -0.15) is 0 Å². The van der Waals surface area contributed by atoms with E-state index >= 15 is 0 Å². The second-order valence-electron chi connectivity index (χ2n) is 19.9. The van der Waals surface area contributed by atoms with E-state index in [1.807, 2.05) is 27.2 Å². The van der Waals surface area contributed by atoms with Gasteiger partial charge in [-0.1, -0.05) is 222 Å². The van der Waals surface area contributed by atoms with Crippen LogP contribution in [0.15, 0.2) is 72.9 Å². The van der Waals surface area contributed by atoms with Crippen molar-refractivity contribution < 1.29 is 32.9 Å². The van der Waals surface area contributed by atoms with E-state index in [-0.39, 0.29) is 19.1 Å². The molecule has 0 bridgehead atoms. The van der Waals surface area contributed by atoms with Crippen molar-refractivity contribution >= 4 is 13.7 Å². The molecule has 0 saturated heterocycles. The monoisotopic (exact) mass is 960 g/mol. The molecule has 3 N–H and O–H groups in total. The minimum atomic E-state index is -4.36. The summed E-state index contributed by atoms with van der Waals surface area (Å²) in [5, 5.41) is 13.9. The Morgan fingerprint density at radius 2 is 0.866 bits per heavy atom. The van der Waals surface area contributed by atoms with E-state index < -0.39 is 20.0 Å². The van der Waals surface area contributed by atoms with E-state index in [2.05, 4.69) is 79.9 Å². The number of phosphoric ester groups is 1. The first-order chi connectivity index (χ1) is 32.5. The van der Waals surface area contributed by atoms with Gasteiger partial charge in [-0.15, -0.1) is 0 Å². The van der Waals surface area contributed by atoms with Gasteiger partial charge in [0.2, 0.25) is 5.91 Å². The molecule has 1 amide bonds. The molecule has 0 aromatic carbocycles. The quantitative estimate of drug-likeness (QED) is 0.0243. The average Bonchev–Trinajstić information content (AvgIpc) is 3.29. The predicted molar refractivity (Wildman–Crippen MR) is 290 cm³/mol. The highest BCUT2D eigenvalue weighted by Crippen LogP contribution is 2.43. The predicted octanol–water partition coefficient (Wildman–Crippen LogP) is 16.7. The molecule has 3 atom stereocenters. The van der Waals surface area contributed by atoms with Gasteiger partial charge in [-0.3, -0.25) is 13.8 Å². The third kappa shape index (κ3) is 51.6. The van der Waals surface area contributed by atoms with Gasteiger partial charge in [-0.25, -0.2) is 4.57 Å². The number of hydrogen-bond donors (Lipinski definition) is 3. The first-order valence-corrected chi connectivity index (χ1v) is 29.3. The normalized spacial score (nSPS) is 14.6. The van der Waals surface area contributed by atoms with Crippen LogP contribution in [0.4, 0.5) is 0 Å². The van der Waals surface area contributed by atoms with Crippen LogP contribution in [0.25, 0.3) is 0 Å². The van der Waals surface area contributed by atoms with E-state index in [0.29, 0.717) is 17.4 Å². The number of nitrogens with one attached hydrogen (secondary N) is 1. The van der Waals surface area contributed by atoms with Crippen LogP contribution in [-0.4, -0.2) is 73.4 Å². The molecule has 0 saturated carbocycles. The number of hydrogen-bond acceptors (Lipinski definition) is 5. The molecule has 67 heavy (non-hydrogen) atoms. The number of allylic oxidation sites excluding steroid dienone is 11. The number of quaternary nitrogens is 1. The zero-order valence-corrected chi connectivity index (χ0v) is 45.3. The lowest BCUT2D eigenvalue weighted by Gasteiger charge is -2.25. The third-order valence-electron chi connectivity index (χ3n) is 12.1. The summed E-state index contributed by atoms with van der Waals surface area (Å²) >= 11 is 0. The Bertz CT molecular complexity index is 1320. The molecule has 8 nitrogen and oxygen atoms in total. The summed E-state index contributed by atoms with van der Waals surface area (Å²) in [5.74, 6) is -0.199. The molecule has 0 aliphatic rings. The maximum absolute atomic E-state index is 13.0. The summed E-state index contributed by atoms with van der Waals surface area (Å²) in [6.07, 6.45) is 67.1. The number of nitrogens with zero attached hydrogens (tertiary/aromatic N) is 1. The smallest absolute Gasteiger partial charge is 0.387 e. The molecule has 3 unspecified atom stereocenters. The van der Waals surface area contributed by atoms with Gasteiger partial charge in [-0.05, 0) is 83.5 Å². The summed E-state index contributed by atoms with van der Waals surface area (Å²) in [6.45, 7) is 4.78. The first kappa shape index (κ1) is 64.9. The Kier molecular flexibility index (Phi) is 47.4. The molecule has 390 valence electrons. The fourth-order valence-electron chi connectivity index (χ4n) is 7.73. The summed E-state index contributed by atoms with van der Waals surface area (Å²) in [7, 11) is 1.53. The van der Waals surface area contributed by atoms with Gasteiger partial charge in [0.15, 0.2) is 0 Å². The number of phosphoric acid groups is 1. The van der Waals surface area contributed by atoms with Crippen LogP contribution in [0.3, 0.4) is 0 Å². The lowest BCUT2D eigenvalue weighted by atomic mass is 10.0. The minimum absolute atomic E-state index is 0.0490. The largest absolute Gasteiger partial charge is 0.472 e. The zero-order chi connectivity index (χ0) is 49.2. The van der Waals surface area contributed by atoms with Gasteiger partial charge >= 0.3 is 7.82 Å². The number of likely N-dealkylation sites (N-methyl/N-ethyl adjacent to an activating group) is 1. The lowest BCUT2D eigenvalue weighted by molar-refractivity contribution is -0.870. The molecule has 0 heterocycles. The van der Waals surface area contributed by atoms with Crippen LogP contribution in [0.5, 0.6) is 0 Å². The molecule has 0 aromatic rings. The highest BCUT2D eigenvalue weighted by Gasteiger charge is 2.27. The maximum Gasteiger partial charge on any atom is 0.472 e. The number of carbonyl (C=O) groups excluding carboxylic acids is 1. The van der Waals surface area contributed by atoms with Crippen molar-refractivity contribution in [1.82, 2.24) is 5.32 Å². The molecular formula is C58H108N2O6P+. The van der Waals surface area contributed by atoms with Crippen LogP contribution in [-0.2, 0) is 18.4 Å². The Hall–Kier alpha value is -2.06. The molecule has 9 heteroatoms. The van der Waals surface area contributed by atoms with Gasteiger partial charge in [0.05, 0.1) is 39.9 Å².